The molecular formula is C22H29FN3O+. The number of rotatable bonds is 6. The smallest absolute Gasteiger partial charge is 0.278 e. The molecule has 1 amide bonds. The molecule has 0 aliphatic carbocycles. The first-order valence-corrected chi connectivity index (χ1v) is 9.72. The van der Waals surface area contributed by atoms with E-state index >= 15 is 0 Å². The molecule has 1 fully saturated rings. The topological polar surface area (TPSA) is 36.8 Å². The highest BCUT2D eigenvalue weighted by Gasteiger charge is 2.29. The molecule has 1 aliphatic heterocycles. The van der Waals surface area contributed by atoms with Gasteiger partial charge in [0.05, 0.1) is 26.2 Å². The summed E-state index contributed by atoms with van der Waals surface area (Å²) in [6.45, 7) is 8.58. The summed E-state index contributed by atoms with van der Waals surface area (Å²) in [6.07, 6.45) is 0.717. The number of halogens is 1. The van der Waals surface area contributed by atoms with Crippen molar-refractivity contribution in [3.63, 3.8) is 0 Å². The Morgan fingerprint density at radius 3 is 2.48 bits per heavy atom. The van der Waals surface area contributed by atoms with Crippen molar-refractivity contribution in [2.45, 2.75) is 26.3 Å². The third-order valence-corrected chi connectivity index (χ3v) is 5.49. The Morgan fingerprint density at radius 2 is 1.81 bits per heavy atom. The number of hydrogen-bond donors (Lipinski definition) is 2. The van der Waals surface area contributed by atoms with Crippen LogP contribution in [0.1, 0.15) is 18.1 Å². The molecule has 1 saturated heterocycles. The van der Waals surface area contributed by atoms with E-state index in [-0.39, 0.29) is 17.8 Å². The number of quaternary nitrogens is 1. The van der Waals surface area contributed by atoms with Gasteiger partial charge in [0.15, 0.2) is 6.04 Å². The van der Waals surface area contributed by atoms with Gasteiger partial charge in [-0.25, -0.2) is 4.39 Å². The molecule has 0 saturated carbocycles. The molecular weight excluding hydrogens is 341 g/mol. The van der Waals surface area contributed by atoms with E-state index in [9.17, 15) is 9.18 Å². The standard InChI is InChI=1S/C22H28FN3O/c1-17-5-3-4-6-21(17)26-15-13-25(14-16-26)18(2)22(27)24-12-11-19-7-9-20(23)10-8-19/h3-10,18H,11-16H2,1-2H3,(H,24,27)/p+1/t18-/m1/s1. The summed E-state index contributed by atoms with van der Waals surface area (Å²) < 4.78 is 12.9. The molecule has 1 aliphatic rings. The molecule has 2 N–H and O–H groups in total. The summed E-state index contributed by atoms with van der Waals surface area (Å²) in [5.74, 6) is -0.138. The lowest BCUT2D eigenvalue weighted by molar-refractivity contribution is -0.914. The Balaban J connectivity index is 1.44. The normalized spacial score (nSPS) is 16.2. The maximum absolute atomic E-state index is 12.9. The van der Waals surface area contributed by atoms with Gasteiger partial charge in [0.2, 0.25) is 0 Å². The number of nitrogens with one attached hydrogen (secondary N) is 2. The molecule has 0 spiro atoms. The molecule has 3 rings (SSSR count). The first-order valence-electron chi connectivity index (χ1n) is 9.72. The van der Waals surface area contributed by atoms with Crippen LogP contribution in [0.15, 0.2) is 48.5 Å². The number of hydrogen-bond acceptors (Lipinski definition) is 2. The number of para-hydroxylation sites is 1. The first-order chi connectivity index (χ1) is 13.0. The van der Waals surface area contributed by atoms with Crippen LogP contribution in [0.2, 0.25) is 0 Å². The highest BCUT2D eigenvalue weighted by atomic mass is 19.1. The highest BCUT2D eigenvalue weighted by Crippen LogP contribution is 2.18. The molecule has 2 aromatic rings. The fourth-order valence-electron chi connectivity index (χ4n) is 3.71. The molecule has 1 heterocycles. The second kappa shape index (κ2) is 9.00. The van der Waals surface area contributed by atoms with Crippen LogP contribution in [0.25, 0.3) is 0 Å². The number of piperazine rings is 1. The van der Waals surface area contributed by atoms with E-state index in [1.54, 1.807) is 12.1 Å². The summed E-state index contributed by atoms with van der Waals surface area (Å²) in [5, 5.41) is 3.03. The minimum Gasteiger partial charge on any atom is -0.360 e. The van der Waals surface area contributed by atoms with Gasteiger partial charge >= 0.3 is 0 Å². The van der Waals surface area contributed by atoms with Gasteiger partial charge in [-0.1, -0.05) is 30.3 Å². The Kier molecular flexibility index (Phi) is 6.45. The maximum Gasteiger partial charge on any atom is 0.278 e. The van der Waals surface area contributed by atoms with Crippen LogP contribution in [0.5, 0.6) is 0 Å². The number of anilines is 1. The third kappa shape index (κ3) is 5.07. The van der Waals surface area contributed by atoms with Crippen molar-refractivity contribution in [2.75, 3.05) is 37.6 Å². The average molecular weight is 370 g/mol. The second-order valence-corrected chi connectivity index (χ2v) is 7.32. The van der Waals surface area contributed by atoms with Gasteiger partial charge in [-0.2, -0.15) is 0 Å². The Morgan fingerprint density at radius 1 is 1.15 bits per heavy atom. The number of carbonyl (C=O) groups excluding carboxylic acids is 1. The first kappa shape index (κ1) is 19.4. The van der Waals surface area contributed by atoms with Crippen LogP contribution >= 0.6 is 0 Å². The Hall–Kier alpha value is -2.40. The lowest BCUT2D eigenvalue weighted by Gasteiger charge is -2.36. The summed E-state index contributed by atoms with van der Waals surface area (Å²) >= 11 is 0. The number of carbonyl (C=O) groups is 1. The number of aryl methyl sites for hydroxylation is 1. The lowest BCUT2D eigenvalue weighted by atomic mass is 10.1. The number of amides is 1. The lowest BCUT2D eigenvalue weighted by Crippen LogP contribution is -3.19. The van der Waals surface area contributed by atoms with E-state index in [1.165, 1.54) is 28.3 Å². The van der Waals surface area contributed by atoms with Crippen LogP contribution in [-0.4, -0.2) is 44.7 Å². The zero-order valence-electron chi connectivity index (χ0n) is 16.2. The highest BCUT2D eigenvalue weighted by molar-refractivity contribution is 5.79. The van der Waals surface area contributed by atoms with Gasteiger partial charge in [-0.15, -0.1) is 0 Å². The number of benzene rings is 2. The van der Waals surface area contributed by atoms with Crippen molar-refractivity contribution in [3.05, 3.63) is 65.5 Å². The van der Waals surface area contributed by atoms with E-state index in [2.05, 4.69) is 41.4 Å². The van der Waals surface area contributed by atoms with Gasteiger partial charge in [0.1, 0.15) is 5.82 Å². The number of nitrogens with zero attached hydrogens (tertiary/aromatic N) is 1. The minimum atomic E-state index is -0.232. The predicted molar refractivity (Wildman–Crippen MR) is 107 cm³/mol. The largest absolute Gasteiger partial charge is 0.360 e. The van der Waals surface area contributed by atoms with E-state index < -0.39 is 0 Å². The zero-order valence-corrected chi connectivity index (χ0v) is 16.2. The van der Waals surface area contributed by atoms with Crippen LogP contribution in [-0.2, 0) is 11.2 Å². The maximum atomic E-state index is 12.9. The van der Waals surface area contributed by atoms with Crippen molar-refractivity contribution < 1.29 is 14.1 Å². The molecule has 0 unspecified atom stereocenters. The van der Waals surface area contributed by atoms with Gasteiger partial charge in [-0.3, -0.25) is 4.79 Å². The Labute approximate surface area is 161 Å². The fraction of sp³-hybridized carbons (Fsp3) is 0.409. The molecule has 4 nitrogen and oxygen atoms in total. The van der Waals surface area contributed by atoms with Crippen molar-refractivity contribution >= 4 is 11.6 Å². The molecule has 0 aromatic heterocycles. The minimum absolute atomic E-state index is 0.0581. The van der Waals surface area contributed by atoms with Crippen molar-refractivity contribution in [3.8, 4) is 0 Å². The Bertz CT molecular complexity index is 754. The average Bonchev–Trinajstić information content (AvgIpc) is 2.69. The van der Waals surface area contributed by atoms with Crippen LogP contribution < -0.4 is 15.1 Å². The fourth-order valence-corrected chi connectivity index (χ4v) is 3.71. The van der Waals surface area contributed by atoms with Crippen LogP contribution in [0.3, 0.4) is 0 Å². The van der Waals surface area contributed by atoms with Gasteiger partial charge in [0.25, 0.3) is 5.91 Å². The van der Waals surface area contributed by atoms with Gasteiger partial charge in [-0.05, 0) is 49.6 Å². The van der Waals surface area contributed by atoms with Crippen LogP contribution in [0.4, 0.5) is 10.1 Å². The molecule has 5 heteroatoms. The predicted octanol–water partition coefficient (Wildman–Crippen LogP) is 1.59. The summed E-state index contributed by atoms with van der Waals surface area (Å²) in [7, 11) is 0. The van der Waals surface area contributed by atoms with Crippen molar-refractivity contribution in [1.29, 1.82) is 0 Å². The van der Waals surface area contributed by atoms with Crippen LogP contribution in [0, 0.1) is 12.7 Å². The van der Waals surface area contributed by atoms with E-state index in [0.29, 0.717) is 6.54 Å². The van der Waals surface area contributed by atoms with Crippen molar-refractivity contribution in [1.82, 2.24) is 5.32 Å². The zero-order chi connectivity index (χ0) is 19.2. The van der Waals surface area contributed by atoms with Gasteiger partial charge < -0.3 is 15.1 Å². The van der Waals surface area contributed by atoms with Gasteiger partial charge in [0, 0.05) is 12.2 Å². The SMILES string of the molecule is Cc1ccccc1N1CC[NH+]([C@H](C)C(=O)NCCc2ccc(F)cc2)CC1. The molecule has 0 radical (unpaired) electrons. The molecule has 144 valence electrons. The molecule has 27 heavy (non-hydrogen) atoms. The van der Waals surface area contributed by atoms with E-state index in [4.69, 9.17) is 0 Å². The quantitative estimate of drug-likeness (QED) is 0.810. The second-order valence-electron chi connectivity index (χ2n) is 7.32. The monoisotopic (exact) mass is 370 g/mol. The summed E-state index contributed by atoms with van der Waals surface area (Å²) in [5.41, 5.74) is 3.63. The molecule has 1 atom stereocenters. The summed E-state index contributed by atoms with van der Waals surface area (Å²) in [4.78, 5) is 16.2. The third-order valence-electron chi connectivity index (χ3n) is 5.49. The van der Waals surface area contributed by atoms with Crippen molar-refractivity contribution in [2.24, 2.45) is 0 Å². The molecule has 0 bridgehead atoms. The molecule has 2 aromatic carbocycles. The van der Waals surface area contributed by atoms with E-state index in [1.807, 2.05) is 6.92 Å². The summed E-state index contributed by atoms with van der Waals surface area (Å²) in [6, 6.07) is 14.9. The van der Waals surface area contributed by atoms with E-state index in [0.717, 1.165) is 38.2 Å².